The zero-order chi connectivity index (χ0) is 17.1. The number of nitrogens with one attached hydrogen (secondary N) is 2. The summed E-state index contributed by atoms with van der Waals surface area (Å²) >= 11 is 0. The Morgan fingerprint density at radius 2 is 2.16 bits per heavy atom. The maximum absolute atomic E-state index is 12.3. The van der Waals surface area contributed by atoms with Crippen molar-refractivity contribution in [2.75, 3.05) is 5.32 Å². The standard InChI is InChI=1S/C17H14N6O2/c24-17(15-8-14(21-22-15)16-2-1-7-25-16)20-13-9-19-23(11-13)10-12-3-5-18-6-4-12/h1-9,11H,10H2,(H,20,24)(H,21,22). The molecule has 4 aromatic rings. The molecule has 0 atom stereocenters. The van der Waals surface area contributed by atoms with Crippen molar-refractivity contribution in [1.29, 1.82) is 0 Å². The van der Waals surface area contributed by atoms with Crippen LogP contribution in [0.25, 0.3) is 11.5 Å². The summed E-state index contributed by atoms with van der Waals surface area (Å²) in [7, 11) is 0. The molecule has 0 saturated heterocycles. The fraction of sp³-hybridized carbons (Fsp3) is 0.0588. The molecule has 0 bridgehead atoms. The van der Waals surface area contributed by atoms with E-state index in [1.54, 1.807) is 53.9 Å². The number of aromatic amines is 1. The maximum Gasteiger partial charge on any atom is 0.276 e. The summed E-state index contributed by atoms with van der Waals surface area (Å²) in [5.41, 5.74) is 2.59. The van der Waals surface area contributed by atoms with Crippen LogP contribution in [0.4, 0.5) is 5.69 Å². The van der Waals surface area contributed by atoms with E-state index < -0.39 is 0 Å². The lowest BCUT2D eigenvalue weighted by Gasteiger charge is -2.01. The molecule has 25 heavy (non-hydrogen) atoms. The Hall–Kier alpha value is -3.68. The molecule has 4 heterocycles. The van der Waals surface area contributed by atoms with Crippen molar-refractivity contribution >= 4 is 11.6 Å². The van der Waals surface area contributed by atoms with Gasteiger partial charge in [0.1, 0.15) is 5.69 Å². The van der Waals surface area contributed by atoms with E-state index in [9.17, 15) is 4.79 Å². The molecule has 4 rings (SSSR count). The number of aromatic nitrogens is 5. The van der Waals surface area contributed by atoms with Gasteiger partial charge in [-0.1, -0.05) is 0 Å². The molecule has 0 spiro atoms. The van der Waals surface area contributed by atoms with Crippen LogP contribution in [-0.4, -0.2) is 30.9 Å². The number of anilines is 1. The van der Waals surface area contributed by atoms with Gasteiger partial charge in [0.25, 0.3) is 5.91 Å². The third kappa shape index (κ3) is 3.32. The van der Waals surface area contributed by atoms with Crippen LogP contribution in [0.1, 0.15) is 16.1 Å². The van der Waals surface area contributed by atoms with Crippen LogP contribution in [-0.2, 0) is 6.54 Å². The van der Waals surface area contributed by atoms with E-state index in [0.717, 1.165) is 5.56 Å². The van der Waals surface area contributed by atoms with Gasteiger partial charge in [-0.05, 0) is 29.8 Å². The summed E-state index contributed by atoms with van der Waals surface area (Å²) in [6.07, 6.45) is 8.39. The molecule has 0 aromatic carbocycles. The molecule has 0 saturated carbocycles. The zero-order valence-electron chi connectivity index (χ0n) is 13.1. The minimum absolute atomic E-state index is 0.272. The van der Waals surface area contributed by atoms with E-state index in [1.807, 2.05) is 12.1 Å². The molecule has 1 amide bonds. The highest BCUT2D eigenvalue weighted by atomic mass is 16.3. The van der Waals surface area contributed by atoms with Gasteiger partial charge >= 0.3 is 0 Å². The van der Waals surface area contributed by atoms with Crippen molar-refractivity contribution in [2.45, 2.75) is 6.54 Å². The van der Waals surface area contributed by atoms with Crippen LogP contribution >= 0.6 is 0 Å². The highest BCUT2D eigenvalue weighted by Crippen LogP contribution is 2.18. The minimum atomic E-state index is -0.322. The predicted molar refractivity (Wildman–Crippen MR) is 89.8 cm³/mol. The predicted octanol–water partition coefficient (Wildman–Crippen LogP) is 2.56. The van der Waals surface area contributed by atoms with Gasteiger partial charge in [0.05, 0.1) is 24.7 Å². The van der Waals surface area contributed by atoms with Crippen molar-refractivity contribution < 1.29 is 9.21 Å². The first-order valence-electron chi connectivity index (χ1n) is 7.60. The SMILES string of the molecule is O=C(Nc1cnn(Cc2ccncc2)c1)c1cc(-c2ccco2)[nH]n1. The van der Waals surface area contributed by atoms with Crippen molar-refractivity contribution in [2.24, 2.45) is 0 Å². The Bertz CT molecular complexity index is 972. The van der Waals surface area contributed by atoms with E-state index >= 15 is 0 Å². The number of hydrogen-bond donors (Lipinski definition) is 2. The molecule has 0 aliphatic carbocycles. The molecule has 0 unspecified atom stereocenters. The second-order valence-electron chi connectivity index (χ2n) is 5.38. The molecule has 0 fully saturated rings. The fourth-order valence-electron chi connectivity index (χ4n) is 2.38. The minimum Gasteiger partial charge on any atom is -0.463 e. The Morgan fingerprint density at radius 1 is 1.28 bits per heavy atom. The summed E-state index contributed by atoms with van der Waals surface area (Å²) in [6.45, 7) is 0.601. The highest BCUT2D eigenvalue weighted by molar-refractivity contribution is 6.03. The number of hydrogen-bond acceptors (Lipinski definition) is 5. The van der Waals surface area contributed by atoms with Crippen molar-refractivity contribution in [1.82, 2.24) is 25.0 Å². The first-order chi connectivity index (χ1) is 12.3. The molecule has 8 heteroatoms. The fourth-order valence-corrected chi connectivity index (χ4v) is 2.38. The van der Waals surface area contributed by atoms with Crippen LogP contribution in [0.2, 0.25) is 0 Å². The maximum atomic E-state index is 12.3. The van der Waals surface area contributed by atoms with Crippen molar-refractivity contribution in [3.8, 4) is 11.5 Å². The lowest BCUT2D eigenvalue weighted by molar-refractivity contribution is 0.102. The number of amides is 1. The molecule has 0 radical (unpaired) electrons. The lowest BCUT2D eigenvalue weighted by atomic mass is 10.3. The normalized spacial score (nSPS) is 10.7. The first kappa shape index (κ1) is 14.9. The van der Waals surface area contributed by atoms with Gasteiger partial charge in [-0.25, -0.2) is 0 Å². The Morgan fingerprint density at radius 3 is 2.96 bits per heavy atom. The number of carbonyl (C=O) groups is 1. The van der Waals surface area contributed by atoms with Crippen molar-refractivity contribution in [3.63, 3.8) is 0 Å². The van der Waals surface area contributed by atoms with Crippen LogP contribution in [0.3, 0.4) is 0 Å². The summed E-state index contributed by atoms with van der Waals surface area (Å²) in [6, 6.07) is 9.03. The van der Waals surface area contributed by atoms with Gasteiger partial charge in [0, 0.05) is 24.7 Å². The van der Waals surface area contributed by atoms with Gasteiger partial charge in [-0.3, -0.25) is 19.6 Å². The third-order valence-electron chi connectivity index (χ3n) is 3.58. The Kier molecular flexibility index (Phi) is 3.83. The average molecular weight is 334 g/mol. The monoisotopic (exact) mass is 334 g/mol. The molecular weight excluding hydrogens is 320 g/mol. The summed E-state index contributed by atoms with van der Waals surface area (Å²) in [5.74, 6) is 0.300. The van der Waals surface area contributed by atoms with E-state index in [4.69, 9.17) is 4.42 Å². The molecule has 8 nitrogen and oxygen atoms in total. The second kappa shape index (κ2) is 6.44. The van der Waals surface area contributed by atoms with Gasteiger partial charge in [-0.2, -0.15) is 10.2 Å². The quantitative estimate of drug-likeness (QED) is 0.584. The zero-order valence-corrected chi connectivity index (χ0v) is 13.1. The lowest BCUT2D eigenvalue weighted by Crippen LogP contribution is -2.11. The number of H-pyrrole nitrogens is 1. The van der Waals surface area contributed by atoms with Gasteiger partial charge in [0.15, 0.2) is 11.5 Å². The van der Waals surface area contributed by atoms with E-state index in [-0.39, 0.29) is 11.6 Å². The van der Waals surface area contributed by atoms with E-state index in [1.165, 1.54) is 0 Å². The third-order valence-corrected chi connectivity index (χ3v) is 3.58. The van der Waals surface area contributed by atoms with Crippen LogP contribution in [0.5, 0.6) is 0 Å². The summed E-state index contributed by atoms with van der Waals surface area (Å²) in [4.78, 5) is 16.3. The number of nitrogens with zero attached hydrogens (tertiary/aromatic N) is 4. The molecule has 124 valence electrons. The molecule has 4 aromatic heterocycles. The number of rotatable bonds is 5. The molecular formula is C17H14N6O2. The van der Waals surface area contributed by atoms with E-state index in [2.05, 4.69) is 25.6 Å². The van der Waals surface area contributed by atoms with Crippen LogP contribution < -0.4 is 5.32 Å². The van der Waals surface area contributed by atoms with Gasteiger partial charge in [0.2, 0.25) is 0 Å². The second-order valence-corrected chi connectivity index (χ2v) is 5.38. The van der Waals surface area contributed by atoms with E-state index in [0.29, 0.717) is 23.7 Å². The van der Waals surface area contributed by atoms with Gasteiger partial charge in [-0.15, -0.1) is 0 Å². The molecule has 0 aliphatic heterocycles. The topological polar surface area (TPSA) is 102 Å². The molecule has 0 aliphatic rings. The summed E-state index contributed by atoms with van der Waals surface area (Å²) < 4.78 is 7.01. The van der Waals surface area contributed by atoms with Crippen LogP contribution in [0, 0.1) is 0 Å². The van der Waals surface area contributed by atoms with Gasteiger partial charge < -0.3 is 9.73 Å². The summed E-state index contributed by atoms with van der Waals surface area (Å²) in [5, 5.41) is 13.8. The largest absolute Gasteiger partial charge is 0.463 e. The Labute approximate surface area is 142 Å². The number of pyridine rings is 1. The van der Waals surface area contributed by atoms with Crippen molar-refractivity contribution in [3.05, 3.63) is 72.6 Å². The molecule has 2 N–H and O–H groups in total. The number of carbonyl (C=O) groups excluding carboxylic acids is 1. The smallest absolute Gasteiger partial charge is 0.276 e. The highest BCUT2D eigenvalue weighted by Gasteiger charge is 2.13. The Balaban J connectivity index is 1.43. The number of furan rings is 1. The average Bonchev–Trinajstić information content (AvgIpc) is 3.37. The first-order valence-corrected chi connectivity index (χ1v) is 7.60. The van der Waals surface area contributed by atoms with Crippen LogP contribution in [0.15, 0.2) is 65.8 Å².